The molecule has 0 aliphatic carbocycles. The van der Waals surface area contributed by atoms with E-state index in [4.69, 9.17) is 4.74 Å². The molecule has 18 heavy (non-hydrogen) atoms. The van der Waals surface area contributed by atoms with Crippen LogP contribution in [0.2, 0.25) is 0 Å². The van der Waals surface area contributed by atoms with Gasteiger partial charge in [-0.2, -0.15) is 0 Å². The number of hydrogen-bond donors (Lipinski definition) is 1. The Labute approximate surface area is 112 Å². The van der Waals surface area contributed by atoms with Crippen LogP contribution in [-0.2, 0) is 6.42 Å². The number of nitrogens with one attached hydrogen (secondary N) is 1. The van der Waals surface area contributed by atoms with Crippen molar-refractivity contribution in [3.63, 3.8) is 0 Å². The molecule has 2 heteroatoms. The second-order valence-corrected chi connectivity index (χ2v) is 5.23. The molecule has 0 bridgehead atoms. The topological polar surface area (TPSA) is 21.3 Å². The molecule has 0 saturated carbocycles. The lowest BCUT2D eigenvalue weighted by Crippen LogP contribution is -2.33. The summed E-state index contributed by atoms with van der Waals surface area (Å²) < 4.78 is 5.49. The van der Waals surface area contributed by atoms with Gasteiger partial charge in [0.25, 0.3) is 0 Å². The summed E-state index contributed by atoms with van der Waals surface area (Å²) in [6.07, 6.45) is 3.44. The Morgan fingerprint density at radius 3 is 2.39 bits per heavy atom. The number of hydrogen-bond acceptors (Lipinski definition) is 2. The average Bonchev–Trinajstić information content (AvgIpc) is 2.38. The fourth-order valence-electron chi connectivity index (χ4n) is 2.64. The number of benzene rings is 1. The average molecular weight is 249 g/mol. The first-order valence-corrected chi connectivity index (χ1v) is 6.89. The summed E-state index contributed by atoms with van der Waals surface area (Å²) >= 11 is 0. The second-order valence-electron chi connectivity index (χ2n) is 5.23. The molecule has 0 aliphatic rings. The highest BCUT2D eigenvalue weighted by molar-refractivity contribution is 5.37. The van der Waals surface area contributed by atoms with Gasteiger partial charge in [-0.1, -0.05) is 31.5 Å². The van der Waals surface area contributed by atoms with Crippen molar-refractivity contribution in [2.45, 2.75) is 40.0 Å². The van der Waals surface area contributed by atoms with Crippen LogP contribution in [0.15, 0.2) is 18.2 Å². The van der Waals surface area contributed by atoms with Gasteiger partial charge in [0.05, 0.1) is 7.11 Å². The quantitative estimate of drug-likeness (QED) is 0.797. The predicted molar refractivity (Wildman–Crippen MR) is 78.4 cm³/mol. The van der Waals surface area contributed by atoms with E-state index in [0.29, 0.717) is 5.41 Å². The Kier molecular flexibility index (Phi) is 5.67. The summed E-state index contributed by atoms with van der Waals surface area (Å²) in [4.78, 5) is 0. The van der Waals surface area contributed by atoms with Crippen LogP contribution >= 0.6 is 0 Å². The van der Waals surface area contributed by atoms with Crippen LogP contribution in [0.3, 0.4) is 0 Å². The Balaban J connectivity index is 3.02. The molecule has 1 N–H and O–H groups in total. The van der Waals surface area contributed by atoms with Gasteiger partial charge in [0.2, 0.25) is 0 Å². The lowest BCUT2D eigenvalue weighted by atomic mass is 9.76. The minimum Gasteiger partial charge on any atom is -0.496 e. The summed E-state index contributed by atoms with van der Waals surface area (Å²) in [5.41, 5.74) is 2.96. The van der Waals surface area contributed by atoms with E-state index in [1.165, 1.54) is 24.0 Å². The van der Waals surface area contributed by atoms with Crippen molar-refractivity contribution in [3.8, 4) is 5.75 Å². The van der Waals surface area contributed by atoms with Crippen LogP contribution < -0.4 is 10.1 Å². The molecule has 1 aromatic carbocycles. The van der Waals surface area contributed by atoms with Crippen molar-refractivity contribution in [1.29, 1.82) is 0 Å². The molecule has 0 aliphatic heterocycles. The largest absolute Gasteiger partial charge is 0.496 e. The van der Waals surface area contributed by atoms with Crippen molar-refractivity contribution in [1.82, 2.24) is 5.32 Å². The monoisotopic (exact) mass is 249 g/mol. The number of rotatable bonds is 7. The fraction of sp³-hybridized carbons (Fsp3) is 0.625. The molecule has 0 fully saturated rings. The van der Waals surface area contributed by atoms with Gasteiger partial charge in [-0.05, 0) is 50.3 Å². The predicted octanol–water partition coefficient (Wildman–Crippen LogP) is 3.57. The van der Waals surface area contributed by atoms with E-state index in [1.54, 1.807) is 7.11 Å². The molecular weight excluding hydrogens is 222 g/mol. The maximum Gasteiger partial charge on any atom is 0.122 e. The second kappa shape index (κ2) is 6.79. The number of aryl methyl sites for hydroxylation is 1. The first-order valence-electron chi connectivity index (χ1n) is 6.89. The third-order valence-electron chi connectivity index (χ3n) is 4.05. The standard InChI is InChI=1S/C16H27NO/c1-6-16(7-2,12-17-4)11-14-10-13(3)8-9-15(14)18-5/h8-10,17H,6-7,11-12H2,1-5H3. The van der Waals surface area contributed by atoms with E-state index in [0.717, 1.165) is 18.7 Å². The maximum absolute atomic E-state index is 5.49. The zero-order valence-electron chi connectivity index (χ0n) is 12.5. The Morgan fingerprint density at radius 1 is 1.22 bits per heavy atom. The summed E-state index contributed by atoms with van der Waals surface area (Å²) in [7, 11) is 3.79. The molecule has 0 unspecified atom stereocenters. The van der Waals surface area contributed by atoms with Crippen molar-refractivity contribution in [3.05, 3.63) is 29.3 Å². The Bertz CT molecular complexity index is 369. The van der Waals surface area contributed by atoms with Crippen LogP contribution in [0.5, 0.6) is 5.75 Å². The summed E-state index contributed by atoms with van der Waals surface area (Å²) in [6.45, 7) is 7.75. The molecule has 0 aromatic heterocycles. The number of ether oxygens (including phenoxy) is 1. The first-order chi connectivity index (χ1) is 8.60. The maximum atomic E-state index is 5.49. The fourth-order valence-corrected chi connectivity index (χ4v) is 2.64. The van der Waals surface area contributed by atoms with Crippen LogP contribution in [0.1, 0.15) is 37.8 Å². The zero-order valence-corrected chi connectivity index (χ0v) is 12.5. The van der Waals surface area contributed by atoms with Gasteiger partial charge in [-0.15, -0.1) is 0 Å². The molecule has 0 spiro atoms. The third-order valence-corrected chi connectivity index (χ3v) is 4.05. The van der Waals surface area contributed by atoms with Crippen LogP contribution in [0.25, 0.3) is 0 Å². The van der Waals surface area contributed by atoms with E-state index >= 15 is 0 Å². The van der Waals surface area contributed by atoms with E-state index < -0.39 is 0 Å². The van der Waals surface area contributed by atoms with Crippen molar-refractivity contribution in [2.75, 3.05) is 20.7 Å². The van der Waals surface area contributed by atoms with Crippen LogP contribution in [0.4, 0.5) is 0 Å². The molecule has 0 amide bonds. The minimum absolute atomic E-state index is 0.329. The van der Waals surface area contributed by atoms with E-state index in [9.17, 15) is 0 Å². The highest BCUT2D eigenvalue weighted by Gasteiger charge is 2.27. The first kappa shape index (κ1) is 15.0. The third kappa shape index (κ3) is 3.49. The molecule has 0 heterocycles. The normalized spacial score (nSPS) is 11.6. The zero-order chi connectivity index (χ0) is 13.6. The van der Waals surface area contributed by atoms with Gasteiger partial charge in [0.15, 0.2) is 0 Å². The summed E-state index contributed by atoms with van der Waals surface area (Å²) in [5.74, 6) is 1.02. The van der Waals surface area contributed by atoms with Gasteiger partial charge >= 0.3 is 0 Å². The van der Waals surface area contributed by atoms with Crippen LogP contribution in [-0.4, -0.2) is 20.7 Å². The van der Waals surface area contributed by atoms with Crippen molar-refractivity contribution < 1.29 is 4.74 Å². The Hall–Kier alpha value is -1.02. The van der Waals surface area contributed by atoms with E-state index in [1.807, 2.05) is 7.05 Å². The van der Waals surface area contributed by atoms with Gasteiger partial charge in [0.1, 0.15) is 5.75 Å². The van der Waals surface area contributed by atoms with Gasteiger partial charge in [-0.3, -0.25) is 0 Å². The molecule has 1 aromatic rings. The molecule has 1 rings (SSSR count). The lowest BCUT2D eigenvalue weighted by molar-refractivity contribution is 0.249. The van der Waals surface area contributed by atoms with Crippen LogP contribution in [0, 0.1) is 12.3 Å². The van der Waals surface area contributed by atoms with E-state index in [2.05, 4.69) is 44.3 Å². The molecule has 0 radical (unpaired) electrons. The summed E-state index contributed by atoms with van der Waals surface area (Å²) in [5, 5.41) is 3.34. The molecule has 2 nitrogen and oxygen atoms in total. The van der Waals surface area contributed by atoms with E-state index in [-0.39, 0.29) is 0 Å². The molecule has 0 atom stereocenters. The van der Waals surface area contributed by atoms with Crippen molar-refractivity contribution in [2.24, 2.45) is 5.41 Å². The Morgan fingerprint density at radius 2 is 1.89 bits per heavy atom. The molecular formula is C16H27NO. The van der Waals surface area contributed by atoms with Gasteiger partial charge in [0, 0.05) is 6.54 Å². The highest BCUT2D eigenvalue weighted by Crippen LogP contribution is 2.34. The molecule has 102 valence electrons. The van der Waals surface area contributed by atoms with Gasteiger partial charge in [-0.25, -0.2) is 0 Å². The smallest absolute Gasteiger partial charge is 0.122 e. The highest BCUT2D eigenvalue weighted by atomic mass is 16.5. The van der Waals surface area contributed by atoms with Crippen molar-refractivity contribution >= 4 is 0 Å². The molecule has 0 saturated heterocycles. The minimum atomic E-state index is 0.329. The lowest BCUT2D eigenvalue weighted by Gasteiger charge is -2.32. The summed E-state index contributed by atoms with van der Waals surface area (Å²) in [6, 6.07) is 6.45. The number of methoxy groups -OCH3 is 1. The van der Waals surface area contributed by atoms with Gasteiger partial charge < -0.3 is 10.1 Å². The SMILES string of the molecule is CCC(CC)(CNC)Cc1cc(C)ccc1OC.